The van der Waals surface area contributed by atoms with Crippen molar-refractivity contribution in [2.75, 3.05) is 5.32 Å². The minimum Gasteiger partial charge on any atom is -0.376 e. The summed E-state index contributed by atoms with van der Waals surface area (Å²) in [5.74, 6) is -0.168. The lowest BCUT2D eigenvalue weighted by molar-refractivity contribution is -0.137. The predicted molar refractivity (Wildman–Crippen MR) is 78.5 cm³/mol. The van der Waals surface area contributed by atoms with E-state index in [0.717, 1.165) is 12.1 Å². The van der Waals surface area contributed by atoms with Crippen molar-refractivity contribution >= 4 is 5.69 Å². The molecule has 4 nitrogen and oxygen atoms in total. The van der Waals surface area contributed by atoms with E-state index < -0.39 is 17.6 Å². The molecular weight excluding hydrogens is 326 g/mol. The Morgan fingerprint density at radius 3 is 2.58 bits per heavy atom. The van der Waals surface area contributed by atoms with Crippen molar-refractivity contribution < 1.29 is 22.1 Å². The summed E-state index contributed by atoms with van der Waals surface area (Å²) in [6, 6.07) is 10.5. The Labute approximate surface area is 134 Å². The summed E-state index contributed by atoms with van der Waals surface area (Å²) >= 11 is 0. The molecule has 0 aliphatic heterocycles. The summed E-state index contributed by atoms with van der Waals surface area (Å²) in [4.78, 5) is 4.04. The number of benzene rings is 2. The van der Waals surface area contributed by atoms with Gasteiger partial charge in [0.15, 0.2) is 0 Å². The SMILES string of the molecule is Fc1cccc(NCc2nc(-c3cccc(C(F)(F)F)c3)no2)c1. The molecule has 1 N–H and O–H groups in total. The number of nitrogens with zero attached hydrogens (tertiary/aromatic N) is 2. The first kappa shape index (κ1) is 16.0. The Kier molecular flexibility index (Phi) is 4.20. The van der Waals surface area contributed by atoms with Gasteiger partial charge in [-0.3, -0.25) is 0 Å². The maximum absolute atomic E-state index is 13.1. The van der Waals surface area contributed by atoms with Crippen LogP contribution in [0.15, 0.2) is 53.1 Å². The molecule has 24 heavy (non-hydrogen) atoms. The van der Waals surface area contributed by atoms with Crippen LogP contribution in [0.1, 0.15) is 11.5 Å². The summed E-state index contributed by atoms with van der Waals surface area (Å²) in [7, 11) is 0. The minimum atomic E-state index is -4.44. The van der Waals surface area contributed by atoms with Gasteiger partial charge in [-0.05, 0) is 30.3 Å². The van der Waals surface area contributed by atoms with Crippen LogP contribution in [0.5, 0.6) is 0 Å². The monoisotopic (exact) mass is 337 g/mol. The maximum atomic E-state index is 13.1. The highest BCUT2D eigenvalue weighted by molar-refractivity contribution is 5.55. The van der Waals surface area contributed by atoms with Gasteiger partial charge in [0.1, 0.15) is 5.82 Å². The van der Waals surface area contributed by atoms with Gasteiger partial charge in [0.05, 0.1) is 12.1 Å². The first-order valence-corrected chi connectivity index (χ1v) is 6.91. The average Bonchev–Trinajstić information content (AvgIpc) is 3.01. The highest BCUT2D eigenvalue weighted by Gasteiger charge is 2.30. The van der Waals surface area contributed by atoms with Crippen molar-refractivity contribution in [2.24, 2.45) is 0 Å². The Hall–Kier alpha value is -2.90. The van der Waals surface area contributed by atoms with Crippen LogP contribution in [0.4, 0.5) is 23.2 Å². The first-order chi connectivity index (χ1) is 11.4. The third-order valence-corrected chi connectivity index (χ3v) is 3.18. The Morgan fingerprint density at radius 1 is 1.04 bits per heavy atom. The molecule has 0 unspecified atom stereocenters. The smallest absolute Gasteiger partial charge is 0.376 e. The van der Waals surface area contributed by atoms with Gasteiger partial charge in [-0.25, -0.2) is 4.39 Å². The number of nitrogens with one attached hydrogen (secondary N) is 1. The van der Waals surface area contributed by atoms with E-state index in [1.807, 2.05) is 0 Å². The molecule has 0 saturated heterocycles. The van der Waals surface area contributed by atoms with Gasteiger partial charge in [0, 0.05) is 11.3 Å². The molecule has 8 heteroatoms. The molecule has 1 aromatic heterocycles. The van der Waals surface area contributed by atoms with Crippen LogP contribution < -0.4 is 5.32 Å². The van der Waals surface area contributed by atoms with Crippen molar-refractivity contribution in [3.8, 4) is 11.4 Å². The summed E-state index contributed by atoms with van der Waals surface area (Å²) in [5.41, 5.74) is -0.0661. The largest absolute Gasteiger partial charge is 0.416 e. The summed E-state index contributed by atoms with van der Waals surface area (Å²) in [6.45, 7) is 0.120. The lowest BCUT2D eigenvalue weighted by atomic mass is 10.1. The second-order valence-corrected chi connectivity index (χ2v) is 4.95. The molecule has 2 aromatic carbocycles. The molecule has 0 aliphatic rings. The quantitative estimate of drug-likeness (QED) is 0.712. The fourth-order valence-corrected chi connectivity index (χ4v) is 2.05. The highest BCUT2D eigenvalue weighted by atomic mass is 19.4. The molecule has 0 amide bonds. The van der Waals surface area contributed by atoms with E-state index in [-0.39, 0.29) is 23.8 Å². The average molecular weight is 337 g/mol. The van der Waals surface area contributed by atoms with Crippen molar-refractivity contribution in [2.45, 2.75) is 12.7 Å². The van der Waals surface area contributed by atoms with Gasteiger partial charge >= 0.3 is 6.18 Å². The number of alkyl halides is 3. The topological polar surface area (TPSA) is 51.0 Å². The normalized spacial score (nSPS) is 11.5. The van der Waals surface area contributed by atoms with Crippen LogP contribution in [-0.4, -0.2) is 10.1 Å². The van der Waals surface area contributed by atoms with Gasteiger partial charge < -0.3 is 9.84 Å². The van der Waals surface area contributed by atoms with Crippen LogP contribution in [0, 0.1) is 5.82 Å². The number of rotatable bonds is 4. The summed E-state index contributed by atoms with van der Waals surface area (Å²) in [6.07, 6.45) is -4.44. The molecule has 0 spiro atoms. The lowest BCUT2D eigenvalue weighted by Gasteiger charge is -2.06. The van der Waals surface area contributed by atoms with E-state index in [1.165, 1.54) is 24.3 Å². The molecule has 0 aliphatic carbocycles. The van der Waals surface area contributed by atoms with E-state index in [4.69, 9.17) is 4.52 Å². The number of hydrogen-bond donors (Lipinski definition) is 1. The molecule has 124 valence electrons. The maximum Gasteiger partial charge on any atom is 0.416 e. The number of anilines is 1. The van der Waals surface area contributed by atoms with Crippen LogP contribution in [0.3, 0.4) is 0 Å². The first-order valence-electron chi connectivity index (χ1n) is 6.91. The van der Waals surface area contributed by atoms with Crippen LogP contribution in [0.2, 0.25) is 0 Å². The molecule has 0 fully saturated rings. The summed E-state index contributed by atoms with van der Waals surface area (Å²) < 4.78 is 56.2. The van der Waals surface area contributed by atoms with E-state index in [1.54, 1.807) is 12.1 Å². The van der Waals surface area contributed by atoms with E-state index in [9.17, 15) is 17.6 Å². The van der Waals surface area contributed by atoms with Crippen molar-refractivity contribution in [3.63, 3.8) is 0 Å². The van der Waals surface area contributed by atoms with E-state index in [0.29, 0.717) is 5.69 Å². The number of hydrogen-bond acceptors (Lipinski definition) is 4. The van der Waals surface area contributed by atoms with Crippen molar-refractivity contribution in [1.29, 1.82) is 0 Å². The molecule has 0 saturated carbocycles. The molecular formula is C16H11F4N3O. The summed E-state index contributed by atoms with van der Waals surface area (Å²) in [5, 5.41) is 6.56. The molecule has 0 radical (unpaired) electrons. The van der Waals surface area contributed by atoms with Gasteiger partial charge in [0.2, 0.25) is 11.7 Å². The van der Waals surface area contributed by atoms with E-state index >= 15 is 0 Å². The van der Waals surface area contributed by atoms with Gasteiger partial charge in [-0.1, -0.05) is 23.4 Å². The number of aromatic nitrogens is 2. The van der Waals surface area contributed by atoms with Gasteiger partial charge in [-0.2, -0.15) is 18.2 Å². The number of halogens is 4. The van der Waals surface area contributed by atoms with Crippen molar-refractivity contribution in [1.82, 2.24) is 10.1 Å². The zero-order valence-electron chi connectivity index (χ0n) is 12.1. The minimum absolute atomic E-state index is 0.0529. The molecule has 0 atom stereocenters. The second kappa shape index (κ2) is 6.31. The zero-order valence-corrected chi connectivity index (χ0v) is 12.1. The fourth-order valence-electron chi connectivity index (χ4n) is 2.05. The third kappa shape index (κ3) is 3.70. The lowest BCUT2D eigenvalue weighted by Crippen LogP contribution is -2.04. The Bertz CT molecular complexity index is 845. The highest BCUT2D eigenvalue weighted by Crippen LogP contribution is 2.31. The predicted octanol–water partition coefficient (Wildman–Crippen LogP) is 4.51. The molecule has 3 aromatic rings. The molecule has 3 rings (SSSR count). The van der Waals surface area contributed by atoms with Crippen LogP contribution in [-0.2, 0) is 12.7 Å². The third-order valence-electron chi connectivity index (χ3n) is 3.18. The van der Waals surface area contributed by atoms with Gasteiger partial charge in [-0.15, -0.1) is 0 Å². The second-order valence-electron chi connectivity index (χ2n) is 4.95. The molecule has 1 heterocycles. The van der Waals surface area contributed by atoms with Gasteiger partial charge in [0.25, 0.3) is 0 Å². The fraction of sp³-hybridized carbons (Fsp3) is 0.125. The Balaban J connectivity index is 1.74. The Morgan fingerprint density at radius 2 is 1.83 bits per heavy atom. The van der Waals surface area contributed by atoms with Crippen LogP contribution in [0.25, 0.3) is 11.4 Å². The van der Waals surface area contributed by atoms with Crippen LogP contribution >= 0.6 is 0 Å². The van der Waals surface area contributed by atoms with Crippen molar-refractivity contribution in [3.05, 3.63) is 65.8 Å². The molecule has 0 bridgehead atoms. The zero-order chi connectivity index (χ0) is 17.2. The van der Waals surface area contributed by atoms with E-state index in [2.05, 4.69) is 15.5 Å². The standard InChI is InChI=1S/C16H11F4N3O/c17-12-5-2-6-13(8-12)21-9-14-22-15(23-24-14)10-3-1-4-11(7-10)16(18,19)20/h1-8,21H,9H2.